The third kappa shape index (κ3) is 4.60. The molecule has 28 heavy (non-hydrogen) atoms. The zero-order chi connectivity index (χ0) is 19.4. The standard InChI is InChI=1S/C24H37N3O/c1-26-14-12-24(13-15-26)19-27(17-21-10-6-3-7-11-21)18-22(24)23(28)25-16-20-8-4-2-5-9-20/h2,4-5,8-9,21-22H,3,6-7,10-19H2,1H3,(H,25,28). The summed E-state index contributed by atoms with van der Waals surface area (Å²) >= 11 is 0. The number of rotatable bonds is 5. The summed E-state index contributed by atoms with van der Waals surface area (Å²) in [7, 11) is 2.21. The third-order valence-corrected chi connectivity index (χ3v) is 7.57. The lowest BCUT2D eigenvalue weighted by Crippen LogP contribution is -2.47. The lowest BCUT2D eigenvalue weighted by Gasteiger charge is -2.41. The molecule has 1 atom stereocenters. The van der Waals surface area contributed by atoms with Gasteiger partial charge < -0.3 is 15.1 Å². The number of hydrogen-bond acceptors (Lipinski definition) is 3. The third-order valence-electron chi connectivity index (χ3n) is 7.57. The topological polar surface area (TPSA) is 35.6 Å². The lowest BCUT2D eigenvalue weighted by molar-refractivity contribution is -0.128. The molecule has 1 aromatic rings. The molecule has 1 aromatic carbocycles. The van der Waals surface area contributed by atoms with Gasteiger partial charge in [-0.2, -0.15) is 0 Å². The maximum absolute atomic E-state index is 13.3. The molecule has 3 aliphatic rings. The molecular formula is C24H37N3O. The first-order valence-corrected chi connectivity index (χ1v) is 11.4. The van der Waals surface area contributed by atoms with Crippen LogP contribution in [0.2, 0.25) is 0 Å². The van der Waals surface area contributed by atoms with Gasteiger partial charge in [0.2, 0.25) is 5.91 Å². The highest BCUT2D eigenvalue weighted by Crippen LogP contribution is 2.45. The molecule has 1 spiro atoms. The second-order valence-corrected chi connectivity index (χ2v) is 9.62. The van der Waals surface area contributed by atoms with Crippen molar-refractivity contribution in [2.24, 2.45) is 17.3 Å². The van der Waals surface area contributed by atoms with Crippen LogP contribution in [0.3, 0.4) is 0 Å². The predicted octanol–water partition coefficient (Wildman–Crippen LogP) is 3.53. The Labute approximate surface area is 170 Å². The van der Waals surface area contributed by atoms with Crippen LogP contribution in [0.5, 0.6) is 0 Å². The van der Waals surface area contributed by atoms with Gasteiger partial charge in [0.25, 0.3) is 0 Å². The van der Waals surface area contributed by atoms with E-state index in [0.29, 0.717) is 6.54 Å². The molecule has 1 amide bonds. The molecule has 1 unspecified atom stereocenters. The molecule has 4 rings (SSSR count). The smallest absolute Gasteiger partial charge is 0.225 e. The summed E-state index contributed by atoms with van der Waals surface area (Å²) < 4.78 is 0. The fourth-order valence-corrected chi connectivity index (χ4v) is 5.79. The first-order chi connectivity index (χ1) is 13.6. The molecule has 1 saturated carbocycles. The Bertz CT molecular complexity index is 633. The largest absolute Gasteiger partial charge is 0.352 e. The van der Waals surface area contributed by atoms with Gasteiger partial charge in [0.1, 0.15) is 0 Å². The summed E-state index contributed by atoms with van der Waals surface area (Å²) in [4.78, 5) is 18.3. The van der Waals surface area contributed by atoms with Crippen LogP contribution in [0.4, 0.5) is 0 Å². The van der Waals surface area contributed by atoms with E-state index in [4.69, 9.17) is 0 Å². The number of piperidine rings is 1. The first-order valence-electron chi connectivity index (χ1n) is 11.4. The fourth-order valence-electron chi connectivity index (χ4n) is 5.79. The summed E-state index contributed by atoms with van der Waals surface area (Å²) in [6, 6.07) is 10.3. The van der Waals surface area contributed by atoms with Gasteiger partial charge in [-0.3, -0.25) is 4.79 Å². The van der Waals surface area contributed by atoms with Crippen molar-refractivity contribution in [1.29, 1.82) is 0 Å². The quantitative estimate of drug-likeness (QED) is 0.845. The average molecular weight is 384 g/mol. The Morgan fingerprint density at radius 2 is 1.82 bits per heavy atom. The monoisotopic (exact) mass is 383 g/mol. The number of nitrogens with one attached hydrogen (secondary N) is 1. The molecule has 2 saturated heterocycles. The van der Waals surface area contributed by atoms with Crippen LogP contribution in [0.25, 0.3) is 0 Å². The van der Waals surface area contributed by atoms with Crippen LogP contribution in [0, 0.1) is 17.3 Å². The summed E-state index contributed by atoms with van der Waals surface area (Å²) in [6.07, 6.45) is 9.30. The highest BCUT2D eigenvalue weighted by Gasteiger charge is 2.50. The van der Waals surface area contributed by atoms with E-state index in [-0.39, 0.29) is 17.2 Å². The van der Waals surface area contributed by atoms with Gasteiger partial charge in [-0.15, -0.1) is 0 Å². The van der Waals surface area contributed by atoms with Crippen molar-refractivity contribution >= 4 is 5.91 Å². The van der Waals surface area contributed by atoms with Crippen molar-refractivity contribution < 1.29 is 4.79 Å². The maximum atomic E-state index is 13.3. The fraction of sp³-hybridized carbons (Fsp3) is 0.708. The van der Waals surface area contributed by atoms with E-state index < -0.39 is 0 Å². The molecule has 2 aliphatic heterocycles. The minimum absolute atomic E-state index is 0.147. The second-order valence-electron chi connectivity index (χ2n) is 9.62. The zero-order valence-electron chi connectivity index (χ0n) is 17.5. The van der Waals surface area contributed by atoms with Gasteiger partial charge in [-0.1, -0.05) is 49.6 Å². The highest BCUT2D eigenvalue weighted by atomic mass is 16.2. The number of likely N-dealkylation sites (tertiary alicyclic amines) is 2. The number of hydrogen-bond donors (Lipinski definition) is 1. The summed E-state index contributed by atoms with van der Waals surface area (Å²) in [5.74, 6) is 1.27. The maximum Gasteiger partial charge on any atom is 0.225 e. The molecule has 0 radical (unpaired) electrons. The first kappa shape index (κ1) is 19.9. The van der Waals surface area contributed by atoms with E-state index in [1.807, 2.05) is 18.2 Å². The summed E-state index contributed by atoms with van der Waals surface area (Å²) in [5, 5.41) is 3.27. The molecule has 0 bridgehead atoms. The molecule has 1 aliphatic carbocycles. The normalized spacial score (nSPS) is 26.5. The van der Waals surface area contributed by atoms with Gasteiger partial charge in [0.05, 0.1) is 5.92 Å². The van der Waals surface area contributed by atoms with Crippen molar-refractivity contribution in [3.05, 3.63) is 35.9 Å². The Hall–Kier alpha value is -1.39. The van der Waals surface area contributed by atoms with Crippen LogP contribution >= 0.6 is 0 Å². The minimum Gasteiger partial charge on any atom is -0.352 e. The minimum atomic E-state index is 0.147. The predicted molar refractivity (Wildman–Crippen MR) is 114 cm³/mol. The SMILES string of the molecule is CN1CCC2(CC1)CN(CC1CCCCC1)CC2C(=O)NCc1ccccc1. The number of benzene rings is 1. The molecule has 3 fully saturated rings. The Morgan fingerprint density at radius 1 is 1.11 bits per heavy atom. The zero-order valence-corrected chi connectivity index (χ0v) is 17.5. The van der Waals surface area contributed by atoms with Crippen LogP contribution in [0.15, 0.2) is 30.3 Å². The average Bonchev–Trinajstić information content (AvgIpc) is 3.08. The molecule has 2 heterocycles. The van der Waals surface area contributed by atoms with Crippen molar-refractivity contribution in [3.63, 3.8) is 0 Å². The van der Waals surface area contributed by atoms with Gasteiger partial charge in [-0.05, 0) is 62.7 Å². The number of nitrogens with zero attached hydrogens (tertiary/aromatic N) is 2. The van der Waals surface area contributed by atoms with Crippen LogP contribution in [-0.2, 0) is 11.3 Å². The number of carbonyl (C=O) groups is 1. The van der Waals surface area contributed by atoms with Gasteiger partial charge >= 0.3 is 0 Å². The number of amides is 1. The molecule has 1 N–H and O–H groups in total. The second kappa shape index (κ2) is 8.96. The Balaban J connectivity index is 1.41. The van der Waals surface area contributed by atoms with E-state index in [0.717, 1.165) is 44.9 Å². The number of carbonyl (C=O) groups excluding carboxylic acids is 1. The van der Waals surface area contributed by atoms with Crippen molar-refractivity contribution in [2.75, 3.05) is 39.8 Å². The Morgan fingerprint density at radius 3 is 2.54 bits per heavy atom. The van der Waals surface area contributed by atoms with Crippen molar-refractivity contribution in [1.82, 2.24) is 15.1 Å². The van der Waals surface area contributed by atoms with Gasteiger partial charge in [0.15, 0.2) is 0 Å². The Kier molecular flexibility index (Phi) is 6.37. The highest BCUT2D eigenvalue weighted by molar-refractivity contribution is 5.80. The van der Waals surface area contributed by atoms with Crippen molar-refractivity contribution in [3.8, 4) is 0 Å². The van der Waals surface area contributed by atoms with E-state index in [2.05, 4.69) is 34.3 Å². The van der Waals surface area contributed by atoms with E-state index in [1.165, 1.54) is 44.2 Å². The van der Waals surface area contributed by atoms with Gasteiger partial charge in [0, 0.05) is 26.2 Å². The van der Waals surface area contributed by atoms with Crippen LogP contribution in [-0.4, -0.2) is 55.5 Å². The van der Waals surface area contributed by atoms with Crippen LogP contribution < -0.4 is 5.32 Å². The molecule has 154 valence electrons. The molecular weight excluding hydrogens is 346 g/mol. The van der Waals surface area contributed by atoms with E-state index in [9.17, 15) is 4.79 Å². The van der Waals surface area contributed by atoms with E-state index >= 15 is 0 Å². The molecule has 0 aromatic heterocycles. The van der Waals surface area contributed by atoms with Crippen LogP contribution in [0.1, 0.15) is 50.5 Å². The summed E-state index contributed by atoms with van der Waals surface area (Å²) in [6.45, 7) is 6.19. The van der Waals surface area contributed by atoms with Crippen molar-refractivity contribution in [2.45, 2.75) is 51.5 Å². The van der Waals surface area contributed by atoms with Gasteiger partial charge in [-0.25, -0.2) is 0 Å². The lowest BCUT2D eigenvalue weighted by atomic mass is 9.70. The molecule has 4 nitrogen and oxygen atoms in total. The molecule has 4 heteroatoms. The summed E-state index contributed by atoms with van der Waals surface area (Å²) in [5.41, 5.74) is 1.37. The van der Waals surface area contributed by atoms with E-state index in [1.54, 1.807) is 0 Å².